The van der Waals surface area contributed by atoms with E-state index >= 15 is 0 Å². The van der Waals surface area contributed by atoms with Crippen LogP contribution in [0.25, 0.3) is 5.82 Å². The summed E-state index contributed by atoms with van der Waals surface area (Å²) in [7, 11) is 0. The van der Waals surface area contributed by atoms with E-state index in [1.807, 2.05) is 19.9 Å². The Kier molecular flexibility index (Phi) is 7.48. The molecule has 6 nitrogen and oxygen atoms in total. The van der Waals surface area contributed by atoms with Gasteiger partial charge in [-0.2, -0.15) is 5.10 Å². The number of carbonyl (C=O) groups excluding carboxylic acids is 1. The smallest absolute Gasteiger partial charge is 0.271 e. The van der Waals surface area contributed by atoms with E-state index in [1.54, 1.807) is 16.8 Å². The maximum absolute atomic E-state index is 12.2. The lowest BCUT2D eigenvalue weighted by Gasteiger charge is -2.09. The van der Waals surface area contributed by atoms with Crippen LogP contribution in [-0.2, 0) is 0 Å². The quantitative estimate of drug-likeness (QED) is 0.777. The van der Waals surface area contributed by atoms with Crippen molar-refractivity contribution in [3.63, 3.8) is 0 Å². The molecule has 2 aromatic rings. The van der Waals surface area contributed by atoms with Crippen molar-refractivity contribution in [3.8, 4) is 5.82 Å². The van der Waals surface area contributed by atoms with E-state index in [0.717, 1.165) is 24.2 Å². The zero-order valence-electron chi connectivity index (χ0n) is 13.2. The largest absolute Gasteiger partial charge is 0.351 e. The fourth-order valence-electron chi connectivity index (χ4n) is 2.12. The Morgan fingerprint density at radius 1 is 1.35 bits per heavy atom. The van der Waals surface area contributed by atoms with E-state index in [2.05, 4.69) is 15.4 Å². The van der Waals surface area contributed by atoms with Gasteiger partial charge in [-0.25, -0.2) is 9.67 Å². The van der Waals surface area contributed by atoms with Crippen molar-refractivity contribution in [1.82, 2.24) is 20.1 Å². The monoisotopic (exact) mass is 357 g/mol. The summed E-state index contributed by atoms with van der Waals surface area (Å²) in [6, 6.07) is 5.35. The van der Waals surface area contributed by atoms with Gasteiger partial charge in [0.1, 0.15) is 5.69 Å². The van der Waals surface area contributed by atoms with Gasteiger partial charge in [-0.3, -0.25) is 4.79 Å². The van der Waals surface area contributed by atoms with Crippen LogP contribution in [0.15, 0.2) is 18.2 Å². The molecule has 0 aliphatic heterocycles. The first-order chi connectivity index (χ1) is 10.5. The van der Waals surface area contributed by atoms with E-state index in [9.17, 15) is 4.79 Å². The normalized spacial score (nSPS) is 10.3. The third kappa shape index (κ3) is 4.92. The molecule has 0 radical (unpaired) electrons. The van der Waals surface area contributed by atoms with Gasteiger partial charge >= 0.3 is 0 Å². The van der Waals surface area contributed by atoms with Gasteiger partial charge < -0.3 is 11.1 Å². The molecule has 0 atom stereocenters. The second-order valence-corrected chi connectivity index (χ2v) is 5.50. The average Bonchev–Trinajstić information content (AvgIpc) is 2.82. The Balaban J connectivity index is 0.00000264. The number of nitrogens with two attached hydrogens (primary N) is 1. The molecule has 0 saturated carbocycles. The lowest BCUT2D eigenvalue weighted by molar-refractivity contribution is 0.0948. The highest BCUT2D eigenvalue weighted by molar-refractivity contribution is 6.33. The Hall–Kier alpha value is -1.63. The van der Waals surface area contributed by atoms with Crippen LogP contribution in [0, 0.1) is 13.8 Å². The zero-order chi connectivity index (χ0) is 16.1. The predicted molar refractivity (Wildman–Crippen MR) is 93.7 cm³/mol. The van der Waals surface area contributed by atoms with Crippen LogP contribution in [0.2, 0.25) is 5.02 Å². The number of carbonyl (C=O) groups is 1. The molecule has 0 fully saturated rings. The molecule has 0 unspecified atom stereocenters. The van der Waals surface area contributed by atoms with Gasteiger partial charge in [0.05, 0.1) is 10.7 Å². The lowest BCUT2D eigenvalue weighted by Crippen LogP contribution is -2.26. The highest BCUT2D eigenvalue weighted by atomic mass is 35.5. The molecule has 2 aromatic heterocycles. The number of amides is 1. The number of hydrogen-bond donors (Lipinski definition) is 2. The van der Waals surface area contributed by atoms with Gasteiger partial charge in [-0.15, -0.1) is 12.4 Å². The van der Waals surface area contributed by atoms with E-state index in [-0.39, 0.29) is 24.0 Å². The molecule has 23 heavy (non-hydrogen) atoms. The van der Waals surface area contributed by atoms with E-state index in [1.165, 1.54) is 0 Å². The molecule has 0 spiro atoms. The van der Waals surface area contributed by atoms with Crippen molar-refractivity contribution in [2.45, 2.75) is 26.7 Å². The SMILES string of the molecule is Cc1cc(C)n(-c2ccc(Cl)c(C(=O)NCCCCN)n2)n1.Cl. The fourth-order valence-corrected chi connectivity index (χ4v) is 2.32. The number of unbranched alkanes of at least 4 members (excludes halogenated alkanes) is 1. The summed E-state index contributed by atoms with van der Waals surface area (Å²) in [5, 5.41) is 7.49. The molecular weight excluding hydrogens is 337 g/mol. The first-order valence-corrected chi connectivity index (χ1v) is 7.59. The first kappa shape index (κ1) is 19.4. The second kappa shape index (κ2) is 8.86. The summed E-state index contributed by atoms with van der Waals surface area (Å²) in [4.78, 5) is 16.5. The number of aryl methyl sites for hydroxylation is 2. The summed E-state index contributed by atoms with van der Waals surface area (Å²) in [5.41, 5.74) is 7.47. The number of hydrogen-bond acceptors (Lipinski definition) is 4. The van der Waals surface area contributed by atoms with Gasteiger partial charge in [0, 0.05) is 12.2 Å². The second-order valence-electron chi connectivity index (χ2n) is 5.09. The highest BCUT2D eigenvalue weighted by Gasteiger charge is 2.14. The highest BCUT2D eigenvalue weighted by Crippen LogP contribution is 2.17. The van der Waals surface area contributed by atoms with Crippen LogP contribution in [-0.4, -0.2) is 33.8 Å². The van der Waals surface area contributed by atoms with Gasteiger partial charge in [0.15, 0.2) is 5.82 Å². The molecule has 0 aliphatic carbocycles. The van der Waals surface area contributed by atoms with Gasteiger partial charge in [-0.05, 0) is 51.4 Å². The maximum atomic E-state index is 12.2. The van der Waals surface area contributed by atoms with E-state index in [0.29, 0.717) is 23.9 Å². The molecule has 126 valence electrons. The molecule has 0 bridgehead atoms. The van der Waals surface area contributed by atoms with Crippen LogP contribution >= 0.6 is 24.0 Å². The minimum atomic E-state index is -0.287. The van der Waals surface area contributed by atoms with Gasteiger partial charge in [-0.1, -0.05) is 11.6 Å². The predicted octanol–water partition coefficient (Wildman–Crippen LogP) is 2.43. The summed E-state index contributed by atoms with van der Waals surface area (Å²) >= 11 is 6.09. The number of nitrogens with zero attached hydrogens (tertiary/aromatic N) is 3. The van der Waals surface area contributed by atoms with Crippen LogP contribution in [0.5, 0.6) is 0 Å². The number of nitrogens with one attached hydrogen (secondary N) is 1. The summed E-state index contributed by atoms with van der Waals surface area (Å²) in [5.74, 6) is 0.285. The summed E-state index contributed by atoms with van der Waals surface area (Å²) in [6.45, 7) is 5.01. The Morgan fingerprint density at radius 2 is 2.09 bits per heavy atom. The molecular formula is C15H21Cl2N5O. The topological polar surface area (TPSA) is 85.8 Å². The summed E-state index contributed by atoms with van der Waals surface area (Å²) < 4.78 is 1.69. The Bertz CT molecular complexity index is 672. The van der Waals surface area contributed by atoms with Crippen LogP contribution in [0.1, 0.15) is 34.7 Å². The third-order valence-corrected chi connectivity index (χ3v) is 3.49. The number of rotatable bonds is 6. The number of halogens is 2. The molecule has 0 aromatic carbocycles. The van der Waals surface area contributed by atoms with Crippen molar-refractivity contribution in [3.05, 3.63) is 40.3 Å². The minimum Gasteiger partial charge on any atom is -0.351 e. The van der Waals surface area contributed by atoms with Crippen molar-refractivity contribution < 1.29 is 4.79 Å². The Labute approximate surface area is 146 Å². The molecule has 8 heteroatoms. The van der Waals surface area contributed by atoms with Crippen LogP contribution in [0.4, 0.5) is 0 Å². The van der Waals surface area contributed by atoms with Crippen molar-refractivity contribution >= 4 is 29.9 Å². The van der Waals surface area contributed by atoms with Crippen LogP contribution in [0.3, 0.4) is 0 Å². The van der Waals surface area contributed by atoms with Crippen molar-refractivity contribution in [1.29, 1.82) is 0 Å². The number of aromatic nitrogens is 3. The van der Waals surface area contributed by atoms with Crippen LogP contribution < -0.4 is 11.1 Å². The van der Waals surface area contributed by atoms with Gasteiger partial charge in [0.2, 0.25) is 0 Å². The lowest BCUT2D eigenvalue weighted by atomic mass is 10.3. The molecule has 2 heterocycles. The van der Waals surface area contributed by atoms with Crippen molar-refractivity contribution in [2.24, 2.45) is 5.73 Å². The van der Waals surface area contributed by atoms with Crippen molar-refractivity contribution in [2.75, 3.05) is 13.1 Å². The molecule has 2 rings (SSSR count). The molecule has 0 aliphatic rings. The fraction of sp³-hybridized carbons (Fsp3) is 0.400. The number of pyridine rings is 1. The molecule has 3 N–H and O–H groups in total. The summed E-state index contributed by atoms with van der Waals surface area (Å²) in [6.07, 6.45) is 1.70. The van der Waals surface area contributed by atoms with E-state index < -0.39 is 0 Å². The standard InChI is InChI=1S/C15H20ClN5O.ClH/c1-10-9-11(2)21(20-10)13-6-5-12(16)14(19-13)15(22)18-8-4-3-7-17;/h5-6,9H,3-4,7-8,17H2,1-2H3,(H,18,22);1H. The zero-order valence-corrected chi connectivity index (χ0v) is 14.7. The Morgan fingerprint density at radius 3 is 2.70 bits per heavy atom. The van der Waals surface area contributed by atoms with Gasteiger partial charge in [0.25, 0.3) is 5.91 Å². The minimum absolute atomic E-state index is 0. The molecule has 0 saturated heterocycles. The third-order valence-electron chi connectivity index (χ3n) is 3.19. The first-order valence-electron chi connectivity index (χ1n) is 7.21. The maximum Gasteiger partial charge on any atom is 0.271 e. The van der Waals surface area contributed by atoms with E-state index in [4.69, 9.17) is 17.3 Å². The molecule has 1 amide bonds. The average molecular weight is 358 g/mol.